The Bertz CT molecular complexity index is 466. The van der Waals surface area contributed by atoms with Crippen LogP contribution in [0.3, 0.4) is 0 Å². The highest BCUT2D eigenvalue weighted by Crippen LogP contribution is 2.21. The molecule has 0 aliphatic carbocycles. The minimum absolute atomic E-state index is 0.444. The lowest BCUT2D eigenvalue weighted by molar-refractivity contribution is -0.0543. The van der Waals surface area contributed by atoms with Crippen molar-refractivity contribution in [3.8, 4) is 0 Å². The summed E-state index contributed by atoms with van der Waals surface area (Å²) in [5, 5.41) is 4.47. The first-order chi connectivity index (χ1) is 10.7. The number of hydrogen-bond donors (Lipinski definition) is 1. The van der Waals surface area contributed by atoms with Crippen molar-refractivity contribution in [3.05, 3.63) is 23.9 Å². The quantitative estimate of drug-likeness (QED) is 0.476. The van der Waals surface area contributed by atoms with Crippen LogP contribution in [0.1, 0.15) is 24.8 Å². The molecule has 2 rings (SSSR count). The van der Waals surface area contributed by atoms with Crippen LogP contribution >= 0.6 is 0 Å². The Morgan fingerprint density at radius 2 is 2.09 bits per heavy atom. The van der Waals surface area contributed by atoms with Crippen LogP contribution in [0.4, 0.5) is 5.82 Å². The summed E-state index contributed by atoms with van der Waals surface area (Å²) < 4.78 is 16.1. The zero-order valence-corrected chi connectivity index (χ0v) is 13.5. The minimum atomic E-state index is -0.444. The average molecular weight is 307 g/mol. The van der Waals surface area contributed by atoms with Gasteiger partial charge in [0.25, 0.3) is 0 Å². The van der Waals surface area contributed by atoms with Gasteiger partial charge in [-0.15, -0.1) is 0 Å². The molecule has 1 aromatic heterocycles. The number of aromatic nitrogens is 1. The van der Waals surface area contributed by atoms with E-state index in [9.17, 15) is 0 Å². The van der Waals surface area contributed by atoms with Gasteiger partial charge in [-0.25, -0.2) is 4.98 Å². The van der Waals surface area contributed by atoms with E-state index >= 15 is 0 Å². The lowest BCUT2D eigenvalue weighted by Crippen LogP contribution is -2.30. The maximum atomic E-state index is 5.41. The fourth-order valence-electron chi connectivity index (χ4n) is 2.47. The molecule has 1 fully saturated rings. The Morgan fingerprint density at radius 1 is 1.36 bits per heavy atom. The molecule has 0 unspecified atom stereocenters. The van der Waals surface area contributed by atoms with E-state index in [2.05, 4.69) is 15.5 Å². The highest BCUT2D eigenvalue weighted by Gasteiger charge is 2.22. The maximum absolute atomic E-state index is 5.41. The Balaban J connectivity index is 2.04. The highest BCUT2D eigenvalue weighted by atomic mass is 16.7. The molecule has 122 valence electrons. The van der Waals surface area contributed by atoms with Gasteiger partial charge in [-0.3, -0.25) is 5.43 Å². The predicted octanol–water partition coefficient (Wildman–Crippen LogP) is 2.59. The fourth-order valence-corrected chi connectivity index (χ4v) is 2.47. The van der Waals surface area contributed by atoms with Gasteiger partial charge in [0.2, 0.25) is 0 Å². The standard InChI is InChI=1S/C16H25N3O3/c1-12-4-5-15(17-11-12)19-18-14(16(20-2)21-3)10-13-6-8-22-9-7-13/h4-5,11,13,16H,6-10H2,1-3H3,(H,17,19). The second kappa shape index (κ2) is 8.82. The first-order valence-corrected chi connectivity index (χ1v) is 7.61. The van der Waals surface area contributed by atoms with Crippen LogP contribution in [0.2, 0.25) is 0 Å². The summed E-state index contributed by atoms with van der Waals surface area (Å²) in [5.41, 5.74) is 4.96. The van der Waals surface area contributed by atoms with E-state index in [0.717, 1.165) is 43.8 Å². The number of anilines is 1. The van der Waals surface area contributed by atoms with Crippen molar-refractivity contribution in [1.29, 1.82) is 0 Å². The van der Waals surface area contributed by atoms with E-state index in [4.69, 9.17) is 14.2 Å². The summed E-state index contributed by atoms with van der Waals surface area (Å²) in [7, 11) is 3.25. The molecule has 0 bridgehead atoms. The average Bonchev–Trinajstić information content (AvgIpc) is 2.56. The molecule has 1 N–H and O–H groups in total. The second-order valence-corrected chi connectivity index (χ2v) is 5.50. The molecule has 2 heterocycles. The molecule has 0 radical (unpaired) electrons. The predicted molar refractivity (Wildman–Crippen MR) is 86.0 cm³/mol. The van der Waals surface area contributed by atoms with E-state index in [0.29, 0.717) is 11.7 Å². The molecule has 6 heteroatoms. The molecular formula is C16H25N3O3. The van der Waals surface area contributed by atoms with Gasteiger partial charge >= 0.3 is 0 Å². The van der Waals surface area contributed by atoms with Crippen LogP contribution in [0.25, 0.3) is 0 Å². The third kappa shape index (κ3) is 5.05. The van der Waals surface area contributed by atoms with Gasteiger partial charge < -0.3 is 14.2 Å². The topological polar surface area (TPSA) is 65.0 Å². The van der Waals surface area contributed by atoms with Crippen LogP contribution in [-0.4, -0.2) is 44.4 Å². The third-order valence-electron chi connectivity index (χ3n) is 3.76. The molecular weight excluding hydrogens is 282 g/mol. The van der Waals surface area contributed by atoms with Crippen molar-refractivity contribution < 1.29 is 14.2 Å². The van der Waals surface area contributed by atoms with Gasteiger partial charge in [0, 0.05) is 33.6 Å². The first-order valence-electron chi connectivity index (χ1n) is 7.61. The number of rotatable bonds is 7. The van der Waals surface area contributed by atoms with Crippen molar-refractivity contribution in [1.82, 2.24) is 4.98 Å². The number of nitrogens with one attached hydrogen (secondary N) is 1. The van der Waals surface area contributed by atoms with Gasteiger partial charge in [0.15, 0.2) is 6.29 Å². The van der Waals surface area contributed by atoms with Crippen LogP contribution in [0, 0.1) is 12.8 Å². The molecule has 6 nitrogen and oxygen atoms in total. The SMILES string of the molecule is COC(OC)C(CC1CCOCC1)=NNc1ccc(C)cn1. The molecule has 1 aliphatic heterocycles. The highest BCUT2D eigenvalue weighted by molar-refractivity contribution is 5.88. The summed E-state index contributed by atoms with van der Waals surface area (Å²) in [6.45, 7) is 3.63. The lowest BCUT2D eigenvalue weighted by atomic mass is 9.94. The van der Waals surface area contributed by atoms with Crippen LogP contribution < -0.4 is 5.43 Å². The van der Waals surface area contributed by atoms with Crippen molar-refractivity contribution in [2.45, 2.75) is 32.5 Å². The Morgan fingerprint density at radius 3 is 2.68 bits per heavy atom. The molecule has 1 saturated heterocycles. The number of aryl methyl sites for hydroxylation is 1. The zero-order chi connectivity index (χ0) is 15.8. The number of pyridine rings is 1. The summed E-state index contributed by atoms with van der Waals surface area (Å²) in [5.74, 6) is 1.26. The van der Waals surface area contributed by atoms with E-state index in [1.165, 1.54) is 0 Å². The number of hydrazone groups is 1. The molecule has 0 amide bonds. The number of hydrogen-bond acceptors (Lipinski definition) is 6. The van der Waals surface area contributed by atoms with Crippen LogP contribution in [-0.2, 0) is 14.2 Å². The molecule has 0 aromatic carbocycles. The van der Waals surface area contributed by atoms with Gasteiger partial charge in [-0.1, -0.05) is 6.07 Å². The van der Waals surface area contributed by atoms with Crippen molar-refractivity contribution in [2.75, 3.05) is 32.9 Å². The number of methoxy groups -OCH3 is 2. The summed E-state index contributed by atoms with van der Waals surface area (Å²) in [4.78, 5) is 4.29. The van der Waals surface area contributed by atoms with Crippen LogP contribution in [0.5, 0.6) is 0 Å². The summed E-state index contributed by atoms with van der Waals surface area (Å²) >= 11 is 0. The largest absolute Gasteiger partial charge is 0.381 e. The molecule has 1 aromatic rings. The Labute approximate surface area is 131 Å². The van der Waals surface area contributed by atoms with Gasteiger partial charge in [-0.05, 0) is 43.7 Å². The number of ether oxygens (including phenoxy) is 3. The van der Waals surface area contributed by atoms with Gasteiger partial charge in [0.05, 0.1) is 5.71 Å². The van der Waals surface area contributed by atoms with Crippen LogP contribution in [0.15, 0.2) is 23.4 Å². The molecule has 0 atom stereocenters. The van der Waals surface area contributed by atoms with Gasteiger partial charge in [-0.2, -0.15) is 5.10 Å². The molecule has 1 aliphatic rings. The Kier molecular flexibility index (Phi) is 6.76. The number of nitrogens with zero attached hydrogens (tertiary/aromatic N) is 2. The van der Waals surface area contributed by atoms with Crippen molar-refractivity contribution in [2.24, 2.45) is 11.0 Å². The first kappa shape index (κ1) is 16.9. The molecule has 22 heavy (non-hydrogen) atoms. The van der Waals surface area contributed by atoms with E-state index in [-0.39, 0.29) is 0 Å². The monoisotopic (exact) mass is 307 g/mol. The van der Waals surface area contributed by atoms with E-state index in [1.54, 1.807) is 20.4 Å². The van der Waals surface area contributed by atoms with E-state index in [1.807, 2.05) is 19.1 Å². The smallest absolute Gasteiger partial charge is 0.198 e. The lowest BCUT2D eigenvalue weighted by Gasteiger charge is -2.24. The van der Waals surface area contributed by atoms with Crippen molar-refractivity contribution >= 4 is 11.5 Å². The molecule has 0 spiro atoms. The summed E-state index contributed by atoms with van der Waals surface area (Å²) in [6, 6.07) is 3.90. The fraction of sp³-hybridized carbons (Fsp3) is 0.625. The second-order valence-electron chi connectivity index (χ2n) is 5.50. The zero-order valence-electron chi connectivity index (χ0n) is 13.5. The normalized spacial score (nSPS) is 17.0. The van der Waals surface area contributed by atoms with Crippen molar-refractivity contribution in [3.63, 3.8) is 0 Å². The Hall–Kier alpha value is -1.50. The van der Waals surface area contributed by atoms with Gasteiger partial charge in [0.1, 0.15) is 5.82 Å². The molecule has 0 saturated carbocycles. The summed E-state index contributed by atoms with van der Waals surface area (Å²) in [6.07, 6.45) is 4.28. The third-order valence-corrected chi connectivity index (χ3v) is 3.76. The van der Waals surface area contributed by atoms with E-state index < -0.39 is 6.29 Å². The minimum Gasteiger partial charge on any atom is -0.381 e. The maximum Gasteiger partial charge on any atom is 0.198 e.